The van der Waals surface area contributed by atoms with E-state index in [-0.39, 0.29) is 16.4 Å². The highest BCUT2D eigenvalue weighted by molar-refractivity contribution is 6.30. The average Bonchev–Trinajstić information content (AvgIpc) is 2.93. The summed E-state index contributed by atoms with van der Waals surface area (Å²) in [5, 5.41) is 9.62. The van der Waals surface area contributed by atoms with Crippen molar-refractivity contribution in [3.63, 3.8) is 0 Å². The summed E-state index contributed by atoms with van der Waals surface area (Å²) in [6.07, 6.45) is 10.4. The smallest absolute Gasteiger partial charge is 0.327 e. The van der Waals surface area contributed by atoms with Gasteiger partial charge in [0, 0.05) is 34.6 Å². The highest BCUT2D eigenvalue weighted by Gasteiger charge is 2.48. The zero-order valence-corrected chi connectivity index (χ0v) is 16.8. The van der Waals surface area contributed by atoms with Crippen molar-refractivity contribution < 1.29 is 19.4 Å². The molecule has 146 valence electrons. The molecule has 3 fully saturated rings. The first-order valence-electron chi connectivity index (χ1n) is 9.77. The largest absolute Gasteiger partial charge is 0.489 e. The Labute approximate surface area is 165 Å². The molecule has 1 aromatic carbocycles. The number of aliphatic carboxylic acids is 1. The highest BCUT2D eigenvalue weighted by Crippen LogP contribution is 2.58. The van der Waals surface area contributed by atoms with Crippen LogP contribution >= 0.6 is 11.6 Å². The van der Waals surface area contributed by atoms with Crippen LogP contribution in [0.3, 0.4) is 0 Å². The molecule has 1 heterocycles. The second-order valence-corrected chi connectivity index (χ2v) is 9.69. The van der Waals surface area contributed by atoms with Crippen molar-refractivity contribution in [2.45, 2.75) is 64.4 Å². The molecule has 0 radical (unpaired) electrons. The molecule has 3 aliphatic carbocycles. The maximum Gasteiger partial charge on any atom is 0.327 e. The lowest BCUT2D eigenvalue weighted by atomic mass is 9.54. The SMILES string of the molecule is CC1(C)Cc2cc(Cl)cc(OCC34CCC(/C=C/C(=O)O)(CC3)CC4)c2O1. The van der Waals surface area contributed by atoms with Gasteiger partial charge in [-0.3, -0.25) is 0 Å². The van der Waals surface area contributed by atoms with Crippen LogP contribution in [0.2, 0.25) is 5.02 Å². The Morgan fingerprint density at radius 3 is 2.52 bits per heavy atom. The summed E-state index contributed by atoms with van der Waals surface area (Å²) in [4.78, 5) is 10.9. The Bertz CT molecular complexity index is 771. The van der Waals surface area contributed by atoms with Gasteiger partial charge in [0.2, 0.25) is 0 Å². The third kappa shape index (κ3) is 3.69. The molecule has 2 bridgehead atoms. The van der Waals surface area contributed by atoms with E-state index in [1.165, 1.54) is 6.08 Å². The molecule has 4 aliphatic rings. The molecule has 0 amide bonds. The molecular formula is C22H27ClO4. The number of ether oxygens (including phenoxy) is 2. The van der Waals surface area contributed by atoms with Crippen LogP contribution in [-0.4, -0.2) is 23.3 Å². The summed E-state index contributed by atoms with van der Waals surface area (Å²) >= 11 is 6.31. The first-order chi connectivity index (χ1) is 12.7. The van der Waals surface area contributed by atoms with Gasteiger partial charge in [-0.15, -0.1) is 0 Å². The number of carboxylic acids is 1. The van der Waals surface area contributed by atoms with Gasteiger partial charge in [0.15, 0.2) is 11.5 Å². The van der Waals surface area contributed by atoms with Crippen LogP contribution in [0.4, 0.5) is 0 Å². The first-order valence-corrected chi connectivity index (χ1v) is 10.1. The van der Waals surface area contributed by atoms with E-state index in [4.69, 9.17) is 26.2 Å². The van der Waals surface area contributed by atoms with Crippen molar-refractivity contribution in [3.8, 4) is 11.5 Å². The molecule has 0 aromatic heterocycles. The van der Waals surface area contributed by atoms with Crippen LogP contribution in [0.1, 0.15) is 57.9 Å². The molecule has 4 nitrogen and oxygen atoms in total. The Morgan fingerprint density at radius 1 is 1.22 bits per heavy atom. The standard InChI is InChI=1S/C22H27ClO4/c1-20(2)13-15-11-16(23)12-17(19(15)27-20)26-14-22-8-5-21(6-9-22,7-10-22)4-3-18(24)25/h3-4,11-12H,5-10,13-14H2,1-2H3,(H,24,25)/b4-3+. The third-order valence-electron chi connectivity index (χ3n) is 6.66. The van der Waals surface area contributed by atoms with Crippen LogP contribution in [-0.2, 0) is 11.2 Å². The number of allylic oxidation sites excluding steroid dienone is 1. The Kier molecular flexibility index (Phi) is 4.45. The summed E-state index contributed by atoms with van der Waals surface area (Å²) in [6.45, 7) is 4.83. The molecule has 0 unspecified atom stereocenters. The monoisotopic (exact) mass is 390 g/mol. The van der Waals surface area contributed by atoms with E-state index in [1.54, 1.807) is 0 Å². The number of halogens is 1. The van der Waals surface area contributed by atoms with E-state index in [9.17, 15) is 4.79 Å². The second-order valence-electron chi connectivity index (χ2n) is 9.25. The van der Waals surface area contributed by atoms with E-state index < -0.39 is 5.97 Å². The normalized spacial score (nSPS) is 30.9. The molecule has 5 heteroatoms. The topological polar surface area (TPSA) is 55.8 Å². The molecule has 1 N–H and O–H groups in total. The van der Waals surface area contributed by atoms with Gasteiger partial charge in [0.25, 0.3) is 0 Å². The Balaban J connectivity index is 1.45. The zero-order valence-electron chi connectivity index (χ0n) is 16.0. The van der Waals surface area contributed by atoms with E-state index >= 15 is 0 Å². The summed E-state index contributed by atoms with van der Waals surface area (Å²) < 4.78 is 12.4. The van der Waals surface area contributed by atoms with Gasteiger partial charge in [-0.25, -0.2) is 4.79 Å². The van der Waals surface area contributed by atoms with E-state index in [2.05, 4.69) is 13.8 Å². The van der Waals surface area contributed by atoms with E-state index in [0.29, 0.717) is 11.6 Å². The average molecular weight is 391 g/mol. The fraction of sp³-hybridized carbons (Fsp3) is 0.591. The minimum atomic E-state index is -0.854. The van der Waals surface area contributed by atoms with Gasteiger partial charge >= 0.3 is 5.97 Å². The predicted octanol–water partition coefficient (Wildman–Crippen LogP) is 5.41. The lowest BCUT2D eigenvalue weighted by Gasteiger charge is -2.52. The second kappa shape index (κ2) is 6.44. The first kappa shape index (κ1) is 18.7. The lowest BCUT2D eigenvalue weighted by Crippen LogP contribution is -2.43. The number of fused-ring (bicyclic) bond motifs is 4. The van der Waals surface area contributed by atoms with Gasteiger partial charge < -0.3 is 14.6 Å². The molecule has 0 saturated heterocycles. The van der Waals surface area contributed by atoms with E-state index in [0.717, 1.165) is 62.0 Å². The number of benzene rings is 1. The van der Waals surface area contributed by atoms with Crippen molar-refractivity contribution in [2.75, 3.05) is 6.61 Å². The number of carbonyl (C=O) groups is 1. The molecule has 27 heavy (non-hydrogen) atoms. The van der Waals surface area contributed by atoms with Crippen LogP contribution in [0.25, 0.3) is 0 Å². The summed E-state index contributed by atoms with van der Waals surface area (Å²) in [5.41, 5.74) is 1.15. The highest BCUT2D eigenvalue weighted by atomic mass is 35.5. The van der Waals surface area contributed by atoms with Gasteiger partial charge in [-0.2, -0.15) is 0 Å². The van der Waals surface area contributed by atoms with Crippen molar-refractivity contribution >= 4 is 17.6 Å². The van der Waals surface area contributed by atoms with Crippen LogP contribution in [0, 0.1) is 10.8 Å². The molecule has 1 aliphatic heterocycles. The van der Waals surface area contributed by atoms with Crippen molar-refractivity contribution in [1.29, 1.82) is 0 Å². The number of hydrogen-bond donors (Lipinski definition) is 1. The molecule has 0 atom stereocenters. The van der Waals surface area contributed by atoms with Crippen LogP contribution < -0.4 is 9.47 Å². The van der Waals surface area contributed by atoms with Crippen LogP contribution in [0.5, 0.6) is 11.5 Å². The molecule has 3 saturated carbocycles. The van der Waals surface area contributed by atoms with Gasteiger partial charge in [0.1, 0.15) is 5.60 Å². The van der Waals surface area contributed by atoms with Crippen molar-refractivity contribution in [1.82, 2.24) is 0 Å². The maximum atomic E-state index is 10.9. The fourth-order valence-corrected chi connectivity index (χ4v) is 5.22. The maximum absolute atomic E-state index is 10.9. The molecular weight excluding hydrogens is 364 g/mol. The van der Waals surface area contributed by atoms with E-state index in [1.807, 2.05) is 18.2 Å². The predicted molar refractivity (Wildman–Crippen MR) is 105 cm³/mol. The molecule has 0 spiro atoms. The number of carboxylic acid groups (broad SMARTS) is 1. The van der Waals surface area contributed by atoms with Gasteiger partial charge in [-0.1, -0.05) is 17.7 Å². The van der Waals surface area contributed by atoms with Crippen molar-refractivity contribution in [3.05, 3.63) is 34.9 Å². The quantitative estimate of drug-likeness (QED) is 0.682. The number of rotatable bonds is 5. The summed E-state index contributed by atoms with van der Waals surface area (Å²) in [6, 6.07) is 3.84. The van der Waals surface area contributed by atoms with Crippen molar-refractivity contribution in [2.24, 2.45) is 10.8 Å². The Hall–Kier alpha value is -1.68. The lowest BCUT2D eigenvalue weighted by molar-refractivity contribution is -0.131. The summed E-state index contributed by atoms with van der Waals surface area (Å²) in [5.74, 6) is 0.740. The number of hydrogen-bond acceptors (Lipinski definition) is 3. The zero-order chi connectivity index (χ0) is 19.3. The molecule has 1 aromatic rings. The minimum absolute atomic E-state index is 0.0740. The fourth-order valence-electron chi connectivity index (χ4n) is 4.99. The van der Waals surface area contributed by atoms with Gasteiger partial charge in [-0.05, 0) is 63.9 Å². The third-order valence-corrected chi connectivity index (χ3v) is 6.88. The Morgan fingerprint density at radius 2 is 1.89 bits per heavy atom. The summed E-state index contributed by atoms with van der Waals surface area (Å²) in [7, 11) is 0. The minimum Gasteiger partial charge on any atom is -0.489 e. The molecule has 5 rings (SSSR count). The van der Waals surface area contributed by atoms with Gasteiger partial charge in [0.05, 0.1) is 6.61 Å². The van der Waals surface area contributed by atoms with Crippen LogP contribution in [0.15, 0.2) is 24.3 Å².